The standard InChI is InChI=1S/C15H30N2/c1-15(2)9-6-12-17(13-15)11-5-8-14-7-3-4-10-16-14/h14,16H,3-13H2,1-2H3. The van der Waals surface area contributed by atoms with Gasteiger partial charge in [-0.2, -0.15) is 0 Å². The van der Waals surface area contributed by atoms with Crippen LogP contribution in [0.25, 0.3) is 0 Å². The van der Waals surface area contributed by atoms with Crippen molar-refractivity contribution in [2.75, 3.05) is 26.2 Å². The first-order valence-electron chi connectivity index (χ1n) is 7.61. The lowest BCUT2D eigenvalue weighted by Gasteiger charge is -2.38. The second-order valence-electron chi connectivity index (χ2n) is 6.83. The quantitative estimate of drug-likeness (QED) is 0.810. The van der Waals surface area contributed by atoms with E-state index in [1.807, 2.05) is 0 Å². The van der Waals surface area contributed by atoms with Crippen LogP contribution >= 0.6 is 0 Å². The molecule has 2 saturated heterocycles. The van der Waals surface area contributed by atoms with Gasteiger partial charge in [0.25, 0.3) is 0 Å². The monoisotopic (exact) mass is 238 g/mol. The molecule has 2 heteroatoms. The number of likely N-dealkylation sites (tertiary alicyclic amines) is 1. The molecular weight excluding hydrogens is 208 g/mol. The van der Waals surface area contributed by atoms with Crippen molar-refractivity contribution >= 4 is 0 Å². The molecule has 100 valence electrons. The van der Waals surface area contributed by atoms with Gasteiger partial charge in [-0.25, -0.2) is 0 Å². The average Bonchev–Trinajstić information content (AvgIpc) is 2.29. The number of nitrogens with zero attached hydrogens (tertiary/aromatic N) is 1. The molecule has 0 aromatic carbocycles. The van der Waals surface area contributed by atoms with Crippen LogP contribution in [0, 0.1) is 5.41 Å². The molecule has 0 radical (unpaired) electrons. The van der Waals surface area contributed by atoms with Gasteiger partial charge in [-0.05, 0) is 63.6 Å². The molecule has 2 heterocycles. The first-order valence-corrected chi connectivity index (χ1v) is 7.61. The summed E-state index contributed by atoms with van der Waals surface area (Å²) < 4.78 is 0. The molecule has 2 aliphatic rings. The summed E-state index contributed by atoms with van der Waals surface area (Å²) in [6.07, 6.45) is 9.81. The normalized spacial score (nSPS) is 30.4. The summed E-state index contributed by atoms with van der Waals surface area (Å²) in [7, 11) is 0. The van der Waals surface area contributed by atoms with Crippen LogP contribution in [0.15, 0.2) is 0 Å². The molecule has 2 rings (SSSR count). The fourth-order valence-corrected chi connectivity index (χ4v) is 3.47. The minimum absolute atomic E-state index is 0.557. The number of piperidine rings is 2. The molecule has 0 saturated carbocycles. The van der Waals surface area contributed by atoms with Crippen LogP contribution in [0.2, 0.25) is 0 Å². The van der Waals surface area contributed by atoms with Crippen molar-refractivity contribution in [1.29, 1.82) is 0 Å². The van der Waals surface area contributed by atoms with Crippen molar-refractivity contribution in [2.45, 2.75) is 64.8 Å². The first kappa shape index (κ1) is 13.4. The molecule has 1 N–H and O–H groups in total. The van der Waals surface area contributed by atoms with Gasteiger partial charge in [0, 0.05) is 12.6 Å². The van der Waals surface area contributed by atoms with Crippen molar-refractivity contribution < 1.29 is 0 Å². The van der Waals surface area contributed by atoms with Gasteiger partial charge in [-0.15, -0.1) is 0 Å². The summed E-state index contributed by atoms with van der Waals surface area (Å²) in [5, 5.41) is 3.65. The van der Waals surface area contributed by atoms with Crippen LogP contribution in [0.5, 0.6) is 0 Å². The summed E-state index contributed by atoms with van der Waals surface area (Å²) in [6.45, 7) is 10.1. The summed E-state index contributed by atoms with van der Waals surface area (Å²) >= 11 is 0. The van der Waals surface area contributed by atoms with E-state index < -0.39 is 0 Å². The lowest BCUT2D eigenvalue weighted by atomic mass is 9.84. The van der Waals surface area contributed by atoms with Crippen LogP contribution in [0.1, 0.15) is 58.8 Å². The van der Waals surface area contributed by atoms with Crippen LogP contribution in [-0.2, 0) is 0 Å². The van der Waals surface area contributed by atoms with Crippen molar-refractivity contribution in [3.63, 3.8) is 0 Å². The Morgan fingerprint density at radius 3 is 2.82 bits per heavy atom. The third-order valence-corrected chi connectivity index (χ3v) is 4.42. The van der Waals surface area contributed by atoms with Gasteiger partial charge >= 0.3 is 0 Å². The Morgan fingerprint density at radius 2 is 2.12 bits per heavy atom. The predicted molar refractivity (Wildman–Crippen MR) is 74.3 cm³/mol. The summed E-state index contributed by atoms with van der Waals surface area (Å²) in [5.74, 6) is 0. The molecule has 2 nitrogen and oxygen atoms in total. The second-order valence-corrected chi connectivity index (χ2v) is 6.83. The average molecular weight is 238 g/mol. The lowest BCUT2D eigenvalue weighted by molar-refractivity contribution is 0.115. The van der Waals surface area contributed by atoms with Gasteiger partial charge in [-0.1, -0.05) is 20.3 Å². The van der Waals surface area contributed by atoms with Gasteiger partial charge in [-0.3, -0.25) is 0 Å². The largest absolute Gasteiger partial charge is 0.314 e. The van der Waals surface area contributed by atoms with Gasteiger partial charge in [0.1, 0.15) is 0 Å². The maximum atomic E-state index is 3.65. The highest BCUT2D eigenvalue weighted by atomic mass is 15.1. The molecule has 0 aromatic heterocycles. The Hall–Kier alpha value is -0.0800. The smallest absolute Gasteiger partial charge is 0.00675 e. The molecule has 0 spiro atoms. The van der Waals surface area contributed by atoms with E-state index in [1.165, 1.54) is 71.1 Å². The minimum atomic E-state index is 0.557. The Kier molecular flexibility index (Phi) is 4.87. The van der Waals surface area contributed by atoms with E-state index in [4.69, 9.17) is 0 Å². The SMILES string of the molecule is CC1(C)CCCN(CCCC2CCCCN2)C1. The minimum Gasteiger partial charge on any atom is -0.314 e. The lowest BCUT2D eigenvalue weighted by Crippen LogP contribution is -2.41. The number of nitrogens with one attached hydrogen (secondary N) is 1. The van der Waals surface area contributed by atoms with Gasteiger partial charge in [0.05, 0.1) is 0 Å². The zero-order valence-electron chi connectivity index (χ0n) is 11.8. The number of hydrogen-bond donors (Lipinski definition) is 1. The van der Waals surface area contributed by atoms with Crippen LogP contribution in [-0.4, -0.2) is 37.1 Å². The zero-order chi connectivity index (χ0) is 12.1. The van der Waals surface area contributed by atoms with Gasteiger partial charge in [0.15, 0.2) is 0 Å². The Balaban J connectivity index is 1.61. The maximum Gasteiger partial charge on any atom is 0.00675 e. The fourth-order valence-electron chi connectivity index (χ4n) is 3.47. The third-order valence-electron chi connectivity index (χ3n) is 4.42. The van der Waals surface area contributed by atoms with Gasteiger partial charge < -0.3 is 10.2 Å². The molecular formula is C15H30N2. The Morgan fingerprint density at radius 1 is 1.24 bits per heavy atom. The van der Waals surface area contributed by atoms with E-state index >= 15 is 0 Å². The van der Waals surface area contributed by atoms with Crippen molar-refractivity contribution in [3.05, 3.63) is 0 Å². The van der Waals surface area contributed by atoms with Crippen LogP contribution < -0.4 is 5.32 Å². The Labute approximate surface area is 107 Å². The molecule has 0 aliphatic carbocycles. The number of hydrogen-bond acceptors (Lipinski definition) is 2. The molecule has 0 aromatic rings. The van der Waals surface area contributed by atoms with E-state index in [-0.39, 0.29) is 0 Å². The molecule has 2 fully saturated rings. The highest BCUT2D eigenvalue weighted by molar-refractivity contribution is 4.80. The van der Waals surface area contributed by atoms with E-state index in [0.29, 0.717) is 5.41 Å². The molecule has 2 aliphatic heterocycles. The van der Waals surface area contributed by atoms with Crippen molar-refractivity contribution in [3.8, 4) is 0 Å². The molecule has 1 atom stereocenters. The number of rotatable bonds is 4. The van der Waals surface area contributed by atoms with E-state index in [1.54, 1.807) is 0 Å². The van der Waals surface area contributed by atoms with Crippen LogP contribution in [0.4, 0.5) is 0 Å². The van der Waals surface area contributed by atoms with Crippen LogP contribution in [0.3, 0.4) is 0 Å². The van der Waals surface area contributed by atoms with Gasteiger partial charge in [0.2, 0.25) is 0 Å². The fraction of sp³-hybridized carbons (Fsp3) is 1.00. The summed E-state index contributed by atoms with van der Waals surface area (Å²) in [5.41, 5.74) is 0.557. The summed E-state index contributed by atoms with van der Waals surface area (Å²) in [4.78, 5) is 2.69. The topological polar surface area (TPSA) is 15.3 Å². The van der Waals surface area contributed by atoms with E-state index in [2.05, 4.69) is 24.1 Å². The Bertz CT molecular complexity index is 219. The molecule has 17 heavy (non-hydrogen) atoms. The highest BCUT2D eigenvalue weighted by Gasteiger charge is 2.25. The van der Waals surface area contributed by atoms with E-state index in [9.17, 15) is 0 Å². The molecule has 0 bridgehead atoms. The molecule has 1 unspecified atom stereocenters. The van der Waals surface area contributed by atoms with E-state index in [0.717, 1.165) is 6.04 Å². The van der Waals surface area contributed by atoms with Crippen molar-refractivity contribution in [1.82, 2.24) is 10.2 Å². The summed E-state index contributed by atoms with van der Waals surface area (Å²) in [6, 6.07) is 0.821. The first-order chi connectivity index (χ1) is 8.16. The predicted octanol–water partition coefficient (Wildman–Crippen LogP) is 3.03. The van der Waals surface area contributed by atoms with Crippen molar-refractivity contribution in [2.24, 2.45) is 5.41 Å². The second kappa shape index (κ2) is 6.19. The zero-order valence-corrected chi connectivity index (χ0v) is 11.8. The highest BCUT2D eigenvalue weighted by Crippen LogP contribution is 2.28. The maximum absolute atomic E-state index is 3.65. The third kappa shape index (κ3) is 4.59. The molecule has 0 amide bonds.